The van der Waals surface area contributed by atoms with Crippen LogP contribution in [-0.4, -0.2) is 21.6 Å². The maximum atomic E-state index is 12.0. The summed E-state index contributed by atoms with van der Waals surface area (Å²) in [6.07, 6.45) is 4.19. The first-order valence-corrected chi connectivity index (χ1v) is 8.67. The molecule has 2 atom stereocenters. The lowest BCUT2D eigenvalue weighted by molar-refractivity contribution is -0.121. The molecule has 5 heteroatoms. The van der Waals surface area contributed by atoms with Crippen molar-refractivity contribution < 1.29 is 9.53 Å². The van der Waals surface area contributed by atoms with Crippen LogP contribution in [-0.2, 0) is 21.6 Å². The molecule has 132 valence electrons. The number of aromatic nitrogens is 2. The monoisotopic (exact) mass is 347 g/mol. The third-order valence-corrected chi connectivity index (χ3v) is 5.12. The number of carbonyl (C=O) groups excluding carboxylic acids is 1. The molecule has 5 nitrogen and oxygen atoms in total. The van der Waals surface area contributed by atoms with E-state index in [1.807, 2.05) is 72.3 Å². The molecule has 0 saturated heterocycles. The lowest BCUT2D eigenvalue weighted by atomic mass is 9.95. The molecule has 2 N–H and O–H groups in total. The maximum absolute atomic E-state index is 12.0. The second-order valence-electron chi connectivity index (χ2n) is 6.72. The SMILES string of the molecule is Cc1nccn1-c1ccc(COC2CC2(C(N)=O)c2ccccc2)cc1. The predicted octanol–water partition coefficient (Wildman–Crippen LogP) is 2.89. The van der Waals surface area contributed by atoms with Gasteiger partial charge in [0.05, 0.1) is 12.7 Å². The van der Waals surface area contributed by atoms with Crippen molar-refractivity contribution in [2.45, 2.75) is 31.5 Å². The predicted molar refractivity (Wildman–Crippen MR) is 98.8 cm³/mol. The van der Waals surface area contributed by atoms with Gasteiger partial charge >= 0.3 is 0 Å². The Morgan fingerprint density at radius 1 is 1.23 bits per heavy atom. The van der Waals surface area contributed by atoms with E-state index >= 15 is 0 Å². The summed E-state index contributed by atoms with van der Waals surface area (Å²) in [6.45, 7) is 2.42. The normalized spacial score (nSPS) is 21.5. The Morgan fingerprint density at radius 3 is 2.58 bits per heavy atom. The summed E-state index contributed by atoms with van der Waals surface area (Å²) in [4.78, 5) is 16.3. The fraction of sp³-hybridized carbons (Fsp3) is 0.238. The van der Waals surface area contributed by atoms with Gasteiger partial charge in [0.25, 0.3) is 0 Å². The topological polar surface area (TPSA) is 70.1 Å². The smallest absolute Gasteiger partial charge is 0.230 e. The molecule has 0 radical (unpaired) electrons. The summed E-state index contributed by atoms with van der Waals surface area (Å²) in [7, 11) is 0. The van der Waals surface area contributed by atoms with Crippen LogP contribution in [0.5, 0.6) is 0 Å². The fourth-order valence-corrected chi connectivity index (χ4v) is 3.48. The van der Waals surface area contributed by atoms with E-state index < -0.39 is 5.41 Å². The van der Waals surface area contributed by atoms with Gasteiger partial charge in [-0.05, 0) is 36.6 Å². The Labute approximate surface area is 152 Å². The highest BCUT2D eigenvalue weighted by Crippen LogP contribution is 2.50. The van der Waals surface area contributed by atoms with Crippen molar-refractivity contribution in [3.05, 3.63) is 83.9 Å². The molecule has 4 rings (SSSR count). The van der Waals surface area contributed by atoms with Crippen LogP contribution in [0.25, 0.3) is 5.69 Å². The van der Waals surface area contributed by atoms with Crippen LogP contribution in [0.4, 0.5) is 0 Å². The van der Waals surface area contributed by atoms with E-state index in [-0.39, 0.29) is 12.0 Å². The largest absolute Gasteiger partial charge is 0.372 e. The van der Waals surface area contributed by atoms with Crippen molar-refractivity contribution in [3.8, 4) is 5.69 Å². The summed E-state index contributed by atoms with van der Waals surface area (Å²) in [5.74, 6) is 0.626. The minimum absolute atomic E-state index is 0.169. The van der Waals surface area contributed by atoms with E-state index in [0.29, 0.717) is 13.0 Å². The highest BCUT2D eigenvalue weighted by atomic mass is 16.5. The van der Waals surface area contributed by atoms with Crippen molar-refractivity contribution >= 4 is 5.91 Å². The number of aryl methyl sites for hydroxylation is 1. The number of rotatable bonds is 6. The first-order chi connectivity index (χ1) is 12.6. The van der Waals surface area contributed by atoms with Gasteiger partial charge in [-0.25, -0.2) is 4.98 Å². The quantitative estimate of drug-likeness (QED) is 0.745. The van der Waals surface area contributed by atoms with E-state index in [0.717, 1.165) is 22.6 Å². The standard InChI is InChI=1S/C21H21N3O2/c1-15-23-11-12-24(15)18-9-7-16(8-10-18)14-26-19-13-21(19,20(22)25)17-5-3-2-4-6-17/h2-12,19H,13-14H2,1H3,(H2,22,25). The van der Waals surface area contributed by atoms with Gasteiger partial charge in [0.2, 0.25) is 5.91 Å². The van der Waals surface area contributed by atoms with Crippen molar-refractivity contribution in [2.75, 3.05) is 0 Å². The minimum atomic E-state index is -0.685. The van der Waals surface area contributed by atoms with Crippen molar-refractivity contribution in [2.24, 2.45) is 5.73 Å². The lowest BCUT2D eigenvalue weighted by Gasteiger charge is -2.14. The highest BCUT2D eigenvalue weighted by Gasteiger charge is 2.61. The number of hydrogen-bond acceptors (Lipinski definition) is 3. The average molecular weight is 347 g/mol. The molecule has 26 heavy (non-hydrogen) atoms. The molecule has 2 aromatic carbocycles. The Hall–Kier alpha value is -2.92. The van der Waals surface area contributed by atoms with E-state index in [1.165, 1.54) is 0 Å². The molecule has 0 bridgehead atoms. The van der Waals surface area contributed by atoms with Gasteiger partial charge in [0, 0.05) is 18.1 Å². The number of hydrogen-bond donors (Lipinski definition) is 1. The minimum Gasteiger partial charge on any atom is -0.372 e. The first-order valence-electron chi connectivity index (χ1n) is 8.67. The number of ether oxygens (including phenoxy) is 1. The molecular weight excluding hydrogens is 326 g/mol. The molecule has 1 saturated carbocycles. The number of benzene rings is 2. The Morgan fingerprint density at radius 2 is 1.96 bits per heavy atom. The number of nitrogens with zero attached hydrogens (tertiary/aromatic N) is 2. The molecule has 1 aliphatic rings. The van der Waals surface area contributed by atoms with Gasteiger partial charge in [0.1, 0.15) is 11.2 Å². The van der Waals surface area contributed by atoms with E-state index in [9.17, 15) is 4.79 Å². The molecule has 1 amide bonds. The van der Waals surface area contributed by atoms with E-state index in [1.54, 1.807) is 6.20 Å². The van der Waals surface area contributed by atoms with Crippen LogP contribution in [0.15, 0.2) is 67.0 Å². The van der Waals surface area contributed by atoms with Crippen LogP contribution in [0.2, 0.25) is 0 Å². The molecule has 0 spiro atoms. The van der Waals surface area contributed by atoms with Gasteiger partial charge in [-0.2, -0.15) is 0 Å². The molecular formula is C21H21N3O2. The van der Waals surface area contributed by atoms with Gasteiger partial charge in [-0.3, -0.25) is 4.79 Å². The zero-order valence-electron chi connectivity index (χ0n) is 14.6. The summed E-state index contributed by atoms with van der Waals surface area (Å²) in [6, 6.07) is 17.8. The summed E-state index contributed by atoms with van der Waals surface area (Å²) >= 11 is 0. The fourth-order valence-electron chi connectivity index (χ4n) is 3.48. The van der Waals surface area contributed by atoms with Crippen molar-refractivity contribution in [1.29, 1.82) is 0 Å². The van der Waals surface area contributed by atoms with Crippen LogP contribution < -0.4 is 5.73 Å². The number of carbonyl (C=O) groups is 1. The molecule has 3 aromatic rings. The molecule has 1 heterocycles. The Kier molecular flexibility index (Phi) is 4.09. The first kappa shape index (κ1) is 16.5. The van der Waals surface area contributed by atoms with Crippen LogP contribution >= 0.6 is 0 Å². The number of primary amides is 1. The van der Waals surface area contributed by atoms with Crippen LogP contribution in [0.3, 0.4) is 0 Å². The molecule has 1 aliphatic carbocycles. The van der Waals surface area contributed by atoms with Crippen LogP contribution in [0.1, 0.15) is 23.4 Å². The number of nitrogens with two attached hydrogens (primary N) is 1. The Balaban J connectivity index is 1.44. The molecule has 0 aliphatic heterocycles. The van der Waals surface area contributed by atoms with Crippen LogP contribution in [0, 0.1) is 6.92 Å². The van der Waals surface area contributed by atoms with Gasteiger partial charge in [0.15, 0.2) is 0 Å². The summed E-state index contributed by atoms with van der Waals surface area (Å²) in [5.41, 5.74) is 8.05. The number of amides is 1. The maximum Gasteiger partial charge on any atom is 0.230 e. The van der Waals surface area contributed by atoms with Crippen molar-refractivity contribution in [3.63, 3.8) is 0 Å². The second-order valence-corrected chi connectivity index (χ2v) is 6.72. The third-order valence-electron chi connectivity index (χ3n) is 5.12. The molecule has 2 unspecified atom stereocenters. The average Bonchev–Trinajstić information content (AvgIpc) is 3.27. The van der Waals surface area contributed by atoms with Gasteiger partial charge in [-0.1, -0.05) is 42.5 Å². The summed E-state index contributed by atoms with van der Waals surface area (Å²) in [5, 5.41) is 0. The molecule has 1 aromatic heterocycles. The van der Waals surface area contributed by atoms with Gasteiger partial charge < -0.3 is 15.0 Å². The lowest BCUT2D eigenvalue weighted by Crippen LogP contribution is -2.32. The van der Waals surface area contributed by atoms with E-state index in [4.69, 9.17) is 10.5 Å². The van der Waals surface area contributed by atoms with Crippen molar-refractivity contribution in [1.82, 2.24) is 9.55 Å². The number of imidazole rings is 1. The van der Waals surface area contributed by atoms with Gasteiger partial charge in [-0.15, -0.1) is 0 Å². The molecule has 1 fully saturated rings. The Bertz CT molecular complexity index is 918. The van der Waals surface area contributed by atoms with E-state index in [2.05, 4.69) is 4.98 Å². The summed E-state index contributed by atoms with van der Waals surface area (Å²) < 4.78 is 8.03. The second kappa shape index (κ2) is 6.42. The third kappa shape index (κ3) is 2.80. The zero-order valence-corrected chi connectivity index (χ0v) is 14.6. The zero-order chi connectivity index (χ0) is 18.1. The highest BCUT2D eigenvalue weighted by molar-refractivity contribution is 5.91.